The summed E-state index contributed by atoms with van der Waals surface area (Å²) in [6, 6.07) is 9.26. The molecule has 0 saturated carbocycles. The summed E-state index contributed by atoms with van der Waals surface area (Å²) in [5.41, 5.74) is -0.656. The molecule has 0 aliphatic heterocycles. The summed E-state index contributed by atoms with van der Waals surface area (Å²) < 4.78 is 11.1. The van der Waals surface area contributed by atoms with Crippen molar-refractivity contribution in [2.24, 2.45) is 17.8 Å². The van der Waals surface area contributed by atoms with E-state index in [1.54, 1.807) is 20.8 Å². The Balaban J connectivity index is 2.85. The number of hydrogen-bond acceptors (Lipinski definition) is 4. The predicted octanol–water partition coefficient (Wildman–Crippen LogP) is 4.16. The van der Waals surface area contributed by atoms with Crippen LogP contribution in [-0.2, 0) is 14.3 Å². The minimum atomic E-state index is -0.968. The van der Waals surface area contributed by atoms with Gasteiger partial charge < -0.3 is 14.6 Å². The van der Waals surface area contributed by atoms with Gasteiger partial charge in [0.1, 0.15) is 11.4 Å². The van der Waals surface area contributed by atoms with Gasteiger partial charge in [-0.15, -0.1) is 0 Å². The largest absolute Gasteiger partial charge is 0.494 e. The Labute approximate surface area is 150 Å². The lowest BCUT2D eigenvalue weighted by Gasteiger charge is -2.28. The summed E-state index contributed by atoms with van der Waals surface area (Å²) in [5, 5.41) is 9.61. The Morgan fingerprint density at radius 2 is 1.68 bits per heavy atom. The van der Waals surface area contributed by atoms with Gasteiger partial charge >= 0.3 is 11.9 Å². The van der Waals surface area contributed by atoms with Crippen molar-refractivity contribution in [3.63, 3.8) is 0 Å². The van der Waals surface area contributed by atoms with Crippen molar-refractivity contribution in [1.29, 1.82) is 0 Å². The van der Waals surface area contributed by atoms with E-state index in [0.29, 0.717) is 18.6 Å². The van der Waals surface area contributed by atoms with E-state index in [-0.39, 0.29) is 12.5 Å². The molecule has 0 aromatic heterocycles. The average molecular weight is 350 g/mol. The van der Waals surface area contributed by atoms with Crippen LogP contribution in [0.25, 0.3) is 0 Å². The zero-order chi connectivity index (χ0) is 19.0. The fraction of sp³-hybridized carbons (Fsp3) is 0.600. The fourth-order valence-electron chi connectivity index (χ4n) is 2.63. The Morgan fingerprint density at radius 3 is 2.16 bits per heavy atom. The zero-order valence-corrected chi connectivity index (χ0v) is 15.8. The van der Waals surface area contributed by atoms with Crippen LogP contribution < -0.4 is 4.74 Å². The maximum absolute atomic E-state index is 12.6. The van der Waals surface area contributed by atoms with Crippen molar-refractivity contribution < 1.29 is 24.2 Å². The number of para-hydroxylation sites is 1. The van der Waals surface area contributed by atoms with Gasteiger partial charge in [-0.3, -0.25) is 9.59 Å². The molecule has 0 aliphatic rings. The molecule has 1 aromatic carbocycles. The highest BCUT2D eigenvalue weighted by molar-refractivity contribution is 5.81. The molecule has 2 atom stereocenters. The van der Waals surface area contributed by atoms with Gasteiger partial charge in [0, 0.05) is 0 Å². The van der Waals surface area contributed by atoms with Crippen LogP contribution in [0.15, 0.2) is 30.3 Å². The third-order valence-corrected chi connectivity index (χ3v) is 3.68. The maximum atomic E-state index is 12.6. The fourth-order valence-corrected chi connectivity index (χ4v) is 2.63. The van der Waals surface area contributed by atoms with Crippen molar-refractivity contribution in [3.8, 4) is 5.75 Å². The first kappa shape index (κ1) is 21.0. The molecule has 1 rings (SSSR count). The van der Waals surface area contributed by atoms with Crippen LogP contribution in [0.5, 0.6) is 5.75 Å². The van der Waals surface area contributed by atoms with E-state index in [1.807, 2.05) is 44.2 Å². The number of esters is 1. The highest BCUT2D eigenvalue weighted by atomic mass is 16.6. The summed E-state index contributed by atoms with van der Waals surface area (Å²) in [5.74, 6) is -2.10. The lowest BCUT2D eigenvalue weighted by atomic mass is 9.83. The van der Waals surface area contributed by atoms with Crippen molar-refractivity contribution in [2.45, 2.75) is 53.1 Å². The number of rotatable bonds is 9. The van der Waals surface area contributed by atoms with E-state index in [0.717, 1.165) is 0 Å². The van der Waals surface area contributed by atoms with Gasteiger partial charge in [-0.2, -0.15) is 0 Å². The van der Waals surface area contributed by atoms with Crippen molar-refractivity contribution in [1.82, 2.24) is 0 Å². The molecule has 2 unspecified atom stereocenters. The molecule has 1 N–H and O–H groups in total. The molecule has 0 spiro atoms. The number of carboxylic acids is 1. The molecule has 0 bridgehead atoms. The predicted molar refractivity (Wildman–Crippen MR) is 96.5 cm³/mol. The third-order valence-electron chi connectivity index (χ3n) is 3.68. The van der Waals surface area contributed by atoms with Crippen LogP contribution >= 0.6 is 0 Å². The SMILES string of the molecule is CC(C)CC(C(=O)O)C(CCOc1ccccc1)C(=O)OC(C)(C)C. The first-order valence-corrected chi connectivity index (χ1v) is 8.73. The van der Waals surface area contributed by atoms with Gasteiger partial charge in [-0.1, -0.05) is 32.0 Å². The molecular formula is C20H30O5. The van der Waals surface area contributed by atoms with Crippen LogP contribution in [-0.4, -0.2) is 29.3 Å². The molecule has 0 aliphatic carbocycles. The Hall–Kier alpha value is -2.04. The normalized spacial score (nSPS) is 14.0. The number of hydrogen-bond donors (Lipinski definition) is 1. The number of carbonyl (C=O) groups excluding carboxylic acids is 1. The van der Waals surface area contributed by atoms with E-state index >= 15 is 0 Å². The summed E-state index contributed by atoms with van der Waals surface area (Å²) in [7, 11) is 0. The highest BCUT2D eigenvalue weighted by Crippen LogP contribution is 2.27. The van der Waals surface area contributed by atoms with E-state index in [1.165, 1.54) is 0 Å². The maximum Gasteiger partial charge on any atom is 0.310 e. The highest BCUT2D eigenvalue weighted by Gasteiger charge is 2.36. The smallest absolute Gasteiger partial charge is 0.310 e. The quantitative estimate of drug-likeness (QED) is 0.677. The second-order valence-electron chi connectivity index (χ2n) is 7.66. The molecule has 5 nitrogen and oxygen atoms in total. The molecule has 25 heavy (non-hydrogen) atoms. The number of carboxylic acid groups (broad SMARTS) is 1. The van der Waals surface area contributed by atoms with Gasteiger partial charge in [-0.05, 0) is 51.7 Å². The minimum Gasteiger partial charge on any atom is -0.494 e. The second kappa shape index (κ2) is 9.44. The molecule has 0 radical (unpaired) electrons. The van der Waals surface area contributed by atoms with E-state index in [4.69, 9.17) is 9.47 Å². The number of aliphatic carboxylic acids is 1. The first-order chi connectivity index (χ1) is 11.6. The molecule has 0 saturated heterocycles. The minimum absolute atomic E-state index is 0.168. The summed E-state index contributed by atoms with van der Waals surface area (Å²) in [6.07, 6.45) is 0.720. The standard InChI is InChI=1S/C20H30O5/c1-14(2)13-17(18(21)22)16(19(23)25-20(3,4)5)11-12-24-15-9-7-6-8-10-15/h6-10,14,16-17H,11-13H2,1-5H3,(H,21,22). The van der Waals surface area contributed by atoms with E-state index in [2.05, 4.69) is 0 Å². The third kappa shape index (κ3) is 8.05. The second-order valence-corrected chi connectivity index (χ2v) is 7.66. The van der Waals surface area contributed by atoms with Crippen LogP contribution in [0.1, 0.15) is 47.5 Å². The summed E-state index contributed by atoms with van der Waals surface area (Å²) in [4.78, 5) is 24.3. The lowest BCUT2D eigenvalue weighted by Crippen LogP contribution is -2.37. The molecule has 0 amide bonds. The van der Waals surface area contributed by atoms with Crippen molar-refractivity contribution in [2.75, 3.05) is 6.61 Å². The lowest BCUT2D eigenvalue weighted by molar-refractivity contribution is -0.167. The topological polar surface area (TPSA) is 72.8 Å². The van der Waals surface area contributed by atoms with E-state index < -0.39 is 29.4 Å². The Kier molecular flexibility index (Phi) is 7.94. The molecular weight excluding hydrogens is 320 g/mol. The summed E-state index contributed by atoms with van der Waals surface area (Å²) >= 11 is 0. The zero-order valence-electron chi connectivity index (χ0n) is 15.8. The molecule has 1 aromatic rings. The van der Waals surface area contributed by atoms with Gasteiger partial charge in [0.25, 0.3) is 0 Å². The van der Waals surface area contributed by atoms with Gasteiger partial charge in [0.05, 0.1) is 18.4 Å². The molecule has 5 heteroatoms. The average Bonchev–Trinajstić information content (AvgIpc) is 2.48. The Bertz CT molecular complexity index is 545. The van der Waals surface area contributed by atoms with Gasteiger partial charge in [0.15, 0.2) is 0 Å². The van der Waals surface area contributed by atoms with E-state index in [9.17, 15) is 14.7 Å². The molecule has 0 heterocycles. The van der Waals surface area contributed by atoms with Gasteiger partial charge in [0.2, 0.25) is 0 Å². The number of ether oxygens (including phenoxy) is 2. The molecule has 140 valence electrons. The Morgan fingerprint density at radius 1 is 1.08 bits per heavy atom. The molecule has 0 fully saturated rings. The monoisotopic (exact) mass is 350 g/mol. The van der Waals surface area contributed by atoms with Crippen LogP contribution in [0.3, 0.4) is 0 Å². The van der Waals surface area contributed by atoms with Crippen molar-refractivity contribution in [3.05, 3.63) is 30.3 Å². The summed E-state index contributed by atoms with van der Waals surface area (Å²) in [6.45, 7) is 9.49. The van der Waals surface area contributed by atoms with Crippen LogP contribution in [0.4, 0.5) is 0 Å². The van der Waals surface area contributed by atoms with Gasteiger partial charge in [-0.25, -0.2) is 0 Å². The first-order valence-electron chi connectivity index (χ1n) is 8.73. The number of carbonyl (C=O) groups is 2. The van der Waals surface area contributed by atoms with Crippen molar-refractivity contribution >= 4 is 11.9 Å². The number of benzene rings is 1. The van der Waals surface area contributed by atoms with Crippen LogP contribution in [0.2, 0.25) is 0 Å². The van der Waals surface area contributed by atoms with Crippen LogP contribution in [0, 0.1) is 17.8 Å².